The summed E-state index contributed by atoms with van der Waals surface area (Å²) < 4.78 is 0. The summed E-state index contributed by atoms with van der Waals surface area (Å²) in [6, 6.07) is 18.7. The second-order valence-corrected chi connectivity index (χ2v) is 7.15. The van der Waals surface area contributed by atoms with Crippen LogP contribution in [0.4, 0.5) is 0 Å². The number of carbonyl (C=O) groups excluding carboxylic acids is 2. The maximum absolute atomic E-state index is 12.7. The molecule has 0 spiro atoms. The molecule has 0 heterocycles. The van der Waals surface area contributed by atoms with Crippen molar-refractivity contribution in [3.05, 3.63) is 71.8 Å². The normalized spacial score (nSPS) is 10.2. The van der Waals surface area contributed by atoms with E-state index in [0.29, 0.717) is 16.4 Å². The van der Waals surface area contributed by atoms with Crippen molar-refractivity contribution in [3.8, 4) is 0 Å². The van der Waals surface area contributed by atoms with Gasteiger partial charge in [0.15, 0.2) is 0 Å². The van der Waals surface area contributed by atoms with Crippen LogP contribution in [0.25, 0.3) is 0 Å². The molecule has 8 heteroatoms. The summed E-state index contributed by atoms with van der Waals surface area (Å²) in [6.45, 7) is 1.77. The van der Waals surface area contributed by atoms with E-state index in [1.807, 2.05) is 60.7 Å². The summed E-state index contributed by atoms with van der Waals surface area (Å²) >= 11 is 10.8. The molecule has 0 atom stereocenters. The molecule has 2 amide bonds. The smallest absolute Gasteiger partial charge is 0.251 e. The van der Waals surface area contributed by atoms with Gasteiger partial charge in [0.25, 0.3) is 11.8 Å². The molecule has 2 aromatic carbocycles. The van der Waals surface area contributed by atoms with Gasteiger partial charge in [-0.15, -0.1) is 0 Å². The molecule has 0 saturated carbocycles. The third kappa shape index (κ3) is 6.07. The van der Waals surface area contributed by atoms with Crippen molar-refractivity contribution in [2.24, 2.45) is 5.92 Å². The van der Waals surface area contributed by atoms with Gasteiger partial charge in [0.1, 0.15) is 15.9 Å². The number of hydrogen-bond acceptors (Lipinski definition) is 4. The summed E-state index contributed by atoms with van der Waals surface area (Å²) in [5.74, 6) is -1.77. The fourth-order valence-electron chi connectivity index (χ4n) is 2.63. The van der Waals surface area contributed by atoms with Gasteiger partial charge in [-0.2, -0.15) is 0 Å². The number of nitrogens with zero attached hydrogens (tertiary/aromatic N) is 2. The van der Waals surface area contributed by atoms with E-state index >= 15 is 0 Å². The third-order valence-corrected chi connectivity index (χ3v) is 5.27. The van der Waals surface area contributed by atoms with Crippen LogP contribution in [0.3, 0.4) is 0 Å². The molecule has 2 N–H and O–H groups in total. The summed E-state index contributed by atoms with van der Waals surface area (Å²) in [7, 11) is 3.29. The molecule has 0 radical (unpaired) electrons. The number of thiocarbonyl (C=S) groups is 2. The van der Waals surface area contributed by atoms with Crippen molar-refractivity contribution in [3.63, 3.8) is 0 Å². The highest BCUT2D eigenvalue weighted by Crippen LogP contribution is 2.08. The molecule has 2 rings (SSSR count). The summed E-state index contributed by atoms with van der Waals surface area (Å²) in [6.07, 6.45) is 0.329. The molecule has 6 nitrogen and oxygen atoms in total. The van der Waals surface area contributed by atoms with Gasteiger partial charge in [-0.25, -0.2) is 0 Å². The van der Waals surface area contributed by atoms with Crippen molar-refractivity contribution < 1.29 is 9.59 Å². The first-order valence-corrected chi connectivity index (χ1v) is 9.94. The predicted octanol–water partition coefficient (Wildman–Crippen LogP) is 2.69. The standard InChI is InChI=1S/C21H24N4O2S2/c1-4-17(18(26)22-24(2)20(28)15-11-7-5-8-12-15)19(27)23-25(3)21(29)16-13-9-6-10-14-16/h5-14,17H,4H2,1-3H3,(H,22,26)(H,23,27). The van der Waals surface area contributed by atoms with Crippen LogP contribution < -0.4 is 10.9 Å². The van der Waals surface area contributed by atoms with Gasteiger partial charge in [-0.3, -0.25) is 30.5 Å². The highest BCUT2D eigenvalue weighted by molar-refractivity contribution is 7.80. The van der Waals surface area contributed by atoms with Gasteiger partial charge in [0, 0.05) is 25.2 Å². The Labute approximate surface area is 181 Å². The Balaban J connectivity index is 1.98. The van der Waals surface area contributed by atoms with Crippen LogP contribution in [-0.2, 0) is 9.59 Å². The number of hydrazine groups is 2. The molecular weight excluding hydrogens is 404 g/mol. The van der Waals surface area contributed by atoms with Crippen LogP contribution in [0.15, 0.2) is 60.7 Å². The first kappa shape index (κ1) is 22.4. The number of amides is 2. The number of rotatable bonds is 5. The summed E-state index contributed by atoms with van der Waals surface area (Å²) in [4.78, 5) is 26.2. The van der Waals surface area contributed by atoms with Gasteiger partial charge in [-0.1, -0.05) is 92.0 Å². The van der Waals surface area contributed by atoms with Crippen molar-refractivity contribution in [1.29, 1.82) is 0 Å². The molecule has 29 heavy (non-hydrogen) atoms. The van der Waals surface area contributed by atoms with E-state index in [-0.39, 0.29) is 0 Å². The Morgan fingerprint density at radius 3 is 1.45 bits per heavy atom. The van der Waals surface area contributed by atoms with Crippen LogP contribution in [0.2, 0.25) is 0 Å². The van der Waals surface area contributed by atoms with E-state index in [0.717, 1.165) is 11.1 Å². The van der Waals surface area contributed by atoms with Crippen molar-refractivity contribution >= 4 is 46.2 Å². The van der Waals surface area contributed by atoms with Crippen LogP contribution >= 0.6 is 24.4 Å². The zero-order valence-electron chi connectivity index (χ0n) is 16.6. The van der Waals surface area contributed by atoms with Crippen LogP contribution in [0.5, 0.6) is 0 Å². The monoisotopic (exact) mass is 428 g/mol. The maximum Gasteiger partial charge on any atom is 0.251 e. The van der Waals surface area contributed by atoms with E-state index in [1.54, 1.807) is 21.0 Å². The SMILES string of the molecule is CCC(C(=O)NN(C)C(=S)c1ccccc1)C(=O)NN(C)C(=S)c1ccccc1. The minimum absolute atomic E-state index is 0.329. The highest BCUT2D eigenvalue weighted by Gasteiger charge is 2.27. The minimum Gasteiger partial charge on any atom is -0.277 e. The lowest BCUT2D eigenvalue weighted by Gasteiger charge is -2.26. The Hall–Kier alpha value is -2.84. The molecule has 0 aliphatic carbocycles. The number of hydrogen-bond donors (Lipinski definition) is 2. The van der Waals surface area contributed by atoms with Crippen molar-refractivity contribution in [1.82, 2.24) is 20.9 Å². The summed E-state index contributed by atoms with van der Waals surface area (Å²) in [5, 5.41) is 2.89. The molecule has 0 aromatic heterocycles. The Morgan fingerprint density at radius 2 is 1.14 bits per heavy atom. The molecule has 2 aromatic rings. The number of nitrogens with one attached hydrogen (secondary N) is 2. The van der Waals surface area contributed by atoms with E-state index in [1.165, 1.54) is 10.0 Å². The van der Waals surface area contributed by atoms with Gasteiger partial charge in [-0.05, 0) is 6.42 Å². The lowest BCUT2D eigenvalue weighted by molar-refractivity contribution is -0.138. The number of carbonyl (C=O) groups is 2. The Morgan fingerprint density at radius 1 is 0.793 bits per heavy atom. The topological polar surface area (TPSA) is 64.7 Å². The minimum atomic E-state index is -0.892. The third-order valence-electron chi connectivity index (χ3n) is 4.25. The van der Waals surface area contributed by atoms with Crippen LogP contribution in [-0.4, -0.2) is 45.9 Å². The van der Waals surface area contributed by atoms with E-state index < -0.39 is 17.7 Å². The van der Waals surface area contributed by atoms with Gasteiger partial charge < -0.3 is 0 Å². The van der Waals surface area contributed by atoms with Gasteiger partial charge in [0.2, 0.25) is 0 Å². The van der Waals surface area contributed by atoms with Crippen LogP contribution in [0, 0.1) is 5.92 Å². The second-order valence-electron chi connectivity index (χ2n) is 6.37. The Kier molecular flexibility index (Phi) is 8.23. The highest BCUT2D eigenvalue weighted by atomic mass is 32.1. The molecule has 152 valence electrons. The van der Waals surface area contributed by atoms with Gasteiger partial charge >= 0.3 is 0 Å². The predicted molar refractivity (Wildman–Crippen MR) is 122 cm³/mol. The van der Waals surface area contributed by atoms with Crippen LogP contribution in [0.1, 0.15) is 24.5 Å². The first-order chi connectivity index (χ1) is 13.8. The number of benzene rings is 2. The average Bonchev–Trinajstić information content (AvgIpc) is 2.74. The van der Waals surface area contributed by atoms with Crippen molar-refractivity contribution in [2.45, 2.75) is 13.3 Å². The fourth-order valence-corrected chi connectivity index (χ4v) is 2.99. The zero-order chi connectivity index (χ0) is 21.4. The molecule has 0 bridgehead atoms. The fraction of sp³-hybridized carbons (Fsp3) is 0.238. The molecular formula is C21H24N4O2S2. The lowest BCUT2D eigenvalue weighted by atomic mass is 10.1. The second kappa shape index (κ2) is 10.6. The molecule has 0 unspecified atom stereocenters. The largest absolute Gasteiger partial charge is 0.277 e. The van der Waals surface area contributed by atoms with Crippen molar-refractivity contribution in [2.75, 3.05) is 14.1 Å². The molecule has 0 fully saturated rings. The Bertz CT molecular complexity index is 803. The average molecular weight is 429 g/mol. The maximum atomic E-state index is 12.7. The molecule has 0 aliphatic rings. The van der Waals surface area contributed by atoms with E-state index in [9.17, 15) is 9.59 Å². The lowest BCUT2D eigenvalue weighted by Crippen LogP contribution is -2.52. The zero-order valence-corrected chi connectivity index (χ0v) is 18.2. The van der Waals surface area contributed by atoms with E-state index in [4.69, 9.17) is 24.4 Å². The summed E-state index contributed by atoms with van der Waals surface area (Å²) in [5.41, 5.74) is 6.97. The quantitative estimate of drug-likeness (QED) is 0.434. The van der Waals surface area contributed by atoms with Gasteiger partial charge in [0.05, 0.1) is 0 Å². The van der Waals surface area contributed by atoms with E-state index in [2.05, 4.69) is 10.9 Å². The molecule has 0 aliphatic heterocycles. The first-order valence-electron chi connectivity index (χ1n) is 9.12. The molecule has 0 saturated heterocycles.